The van der Waals surface area contributed by atoms with Crippen LogP contribution in [0.1, 0.15) is 25.3 Å². The molecule has 0 aliphatic heterocycles. The van der Waals surface area contributed by atoms with Gasteiger partial charge in [-0.1, -0.05) is 26.0 Å². The molecule has 0 fully saturated rings. The van der Waals surface area contributed by atoms with Crippen LogP contribution >= 0.6 is 0 Å². The highest BCUT2D eigenvalue weighted by Crippen LogP contribution is 2.26. The number of aliphatic carboxylic acids is 1. The summed E-state index contributed by atoms with van der Waals surface area (Å²) in [5, 5.41) is 9.16. The van der Waals surface area contributed by atoms with E-state index in [2.05, 4.69) is 0 Å². The second-order valence-corrected chi connectivity index (χ2v) is 4.27. The Labute approximate surface area is 101 Å². The first-order chi connectivity index (χ1) is 8.06. The van der Waals surface area contributed by atoms with Gasteiger partial charge in [-0.3, -0.25) is 4.79 Å². The molecule has 0 aromatic heterocycles. The summed E-state index contributed by atoms with van der Waals surface area (Å²) in [5.41, 5.74) is 6.13. The minimum absolute atomic E-state index is 0.0586. The van der Waals surface area contributed by atoms with Crippen molar-refractivity contribution in [1.82, 2.24) is 0 Å². The number of ether oxygens (including phenoxy) is 1. The van der Waals surface area contributed by atoms with Gasteiger partial charge in [0, 0.05) is 6.54 Å². The fourth-order valence-electron chi connectivity index (χ4n) is 1.76. The quantitative estimate of drug-likeness (QED) is 0.792. The van der Waals surface area contributed by atoms with E-state index in [0.717, 1.165) is 5.56 Å². The summed E-state index contributed by atoms with van der Waals surface area (Å²) in [5.74, 6) is -0.496. The van der Waals surface area contributed by atoms with E-state index in [1.54, 1.807) is 24.3 Å². The number of rotatable bonds is 6. The van der Waals surface area contributed by atoms with Gasteiger partial charge in [-0.25, -0.2) is 0 Å². The molecule has 0 spiro atoms. The first kappa shape index (κ1) is 13.5. The Morgan fingerprint density at radius 1 is 1.35 bits per heavy atom. The minimum atomic E-state index is -0.796. The van der Waals surface area contributed by atoms with Crippen molar-refractivity contribution in [2.24, 2.45) is 11.7 Å². The molecule has 3 N–H and O–H groups in total. The van der Waals surface area contributed by atoms with E-state index in [-0.39, 0.29) is 5.92 Å². The van der Waals surface area contributed by atoms with Gasteiger partial charge in [-0.05, 0) is 23.6 Å². The molecular weight excluding hydrogens is 218 g/mol. The number of carboxylic acid groups (broad SMARTS) is 1. The highest BCUT2D eigenvalue weighted by Gasteiger charge is 2.23. The number of carbonyl (C=O) groups is 1. The Balaban J connectivity index is 2.81. The zero-order valence-electron chi connectivity index (χ0n) is 10.2. The summed E-state index contributed by atoms with van der Waals surface area (Å²) in [6.45, 7) is 4.73. The Hall–Kier alpha value is -1.55. The average Bonchev–Trinajstić information content (AvgIpc) is 2.27. The van der Waals surface area contributed by atoms with Crippen LogP contribution in [-0.4, -0.2) is 24.2 Å². The third-order valence-electron chi connectivity index (χ3n) is 2.56. The lowest BCUT2D eigenvalue weighted by molar-refractivity contribution is -0.139. The van der Waals surface area contributed by atoms with Gasteiger partial charge < -0.3 is 15.6 Å². The van der Waals surface area contributed by atoms with Crippen LogP contribution in [0.4, 0.5) is 0 Å². The van der Waals surface area contributed by atoms with E-state index < -0.39 is 11.9 Å². The summed E-state index contributed by atoms with van der Waals surface area (Å²) in [6.07, 6.45) is 0. The molecule has 4 nitrogen and oxygen atoms in total. The Kier molecular flexibility index (Phi) is 4.97. The molecule has 1 rings (SSSR count). The van der Waals surface area contributed by atoms with Crippen molar-refractivity contribution in [3.8, 4) is 5.75 Å². The first-order valence-corrected chi connectivity index (χ1v) is 5.72. The normalized spacial score (nSPS) is 12.5. The van der Waals surface area contributed by atoms with E-state index in [1.807, 2.05) is 13.8 Å². The molecule has 0 radical (unpaired) electrons. The largest absolute Gasteiger partial charge is 0.492 e. The Morgan fingerprint density at radius 2 is 1.94 bits per heavy atom. The van der Waals surface area contributed by atoms with Crippen LogP contribution in [0.2, 0.25) is 0 Å². The Bertz CT molecular complexity index is 359. The van der Waals surface area contributed by atoms with Gasteiger partial charge in [-0.15, -0.1) is 0 Å². The molecular formula is C13H19NO3. The lowest BCUT2D eigenvalue weighted by Gasteiger charge is -2.16. The maximum absolute atomic E-state index is 11.2. The van der Waals surface area contributed by atoms with Gasteiger partial charge in [0.05, 0.1) is 5.92 Å². The van der Waals surface area contributed by atoms with Crippen LogP contribution in [0.15, 0.2) is 24.3 Å². The van der Waals surface area contributed by atoms with Gasteiger partial charge in [0.1, 0.15) is 12.4 Å². The van der Waals surface area contributed by atoms with Crippen LogP contribution in [-0.2, 0) is 4.79 Å². The fraction of sp³-hybridized carbons (Fsp3) is 0.462. The smallest absolute Gasteiger partial charge is 0.311 e. The molecule has 4 heteroatoms. The Morgan fingerprint density at radius 3 is 2.35 bits per heavy atom. The zero-order valence-corrected chi connectivity index (χ0v) is 10.2. The number of carboxylic acids is 1. The topological polar surface area (TPSA) is 72.5 Å². The SMILES string of the molecule is CC(C)C(C(=O)O)c1ccc(OCCN)cc1. The third-order valence-corrected chi connectivity index (χ3v) is 2.56. The van der Waals surface area contributed by atoms with E-state index in [4.69, 9.17) is 15.6 Å². The van der Waals surface area contributed by atoms with Crippen LogP contribution < -0.4 is 10.5 Å². The summed E-state index contributed by atoms with van der Waals surface area (Å²) in [6, 6.07) is 7.15. The van der Waals surface area contributed by atoms with E-state index >= 15 is 0 Å². The number of hydrogen-bond acceptors (Lipinski definition) is 3. The van der Waals surface area contributed by atoms with E-state index in [9.17, 15) is 4.79 Å². The van der Waals surface area contributed by atoms with Crippen molar-refractivity contribution in [1.29, 1.82) is 0 Å². The standard InChI is InChI=1S/C13H19NO3/c1-9(2)12(13(15)16)10-3-5-11(6-4-10)17-8-7-14/h3-6,9,12H,7-8,14H2,1-2H3,(H,15,16). The second-order valence-electron chi connectivity index (χ2n) is 4.27. The van der Waals surface area contributed by atoms with E-state index in [1.165, 1.54) is 0 Å². The van der Waals surface area contributed by atoms with Crippen molar-refractivity contribution in [3.05, 3.63) is 29.8 Å². The maximum atomic E-state index is 11.2. The van der Waals surface area contributed by atoms with Gasteiger partial charge in [-0.2, -0.15) is 0 Å². The molecule has 0 aliphatic carbocycles. The fourth-order valence-corrected chi connectivity index (χ4v) is 1.76. The molecule has 1 aromatic carbocycles. The van der Waals surface area contributed by atoms with Crippen LogP contribution in [0.5, 0.6) is 5.75 Å². The molecule has 0 heterocycles. The molecule has 1 atom stereocenters. The zero-order chi connectivity index (χ0) is 12.8. The number of nitrogens with two attached hydrogens (primary N) is 1. The van der Waals surface area contributed by atoms with Crippen LogP contribution in [0, 0.1) is 5.92 Å². The monoisotopic (exact) mass is 237 g/mol. The van der Waals surface area contributed by atoms with Gasteiger partial charge in [0.25, 0.3) is 0 Å². The molecule has 0 saturated heterocycles. The van der Waals surface area contributed by atoms with Crippen molar-refractivity contribution in [2.75, 3.05) is 13.2 Å². The lowest BCUT2D eigenvalue weighted by atomic mass is 9.88. The van der Waals surface area contributed by atoms with Crippen molar-refractivity contribution < 1.29 is 14.6 Å². The molecule has 0 amide bonds. The number of hydrogen-bond donors (Lipinski definition) is 2. The molecule has 1 aromatic rings. The summed E-state index contributed by atoms with van der Waals surface area (Å²) >= 11 is 0. The minimum Gasteiger partial charge on any atom is -0.492 e. The second kappa shape index (κ2) is 6.25. The van der Waals surface area contributed by atoms with Crippen molar-refractivity contribution in [3.63, 3.8) is 0 Å². The van der Waals surface area contributed by atoms with Gasteiger partial charge >= 0.3 is 5.97 Å². The first-order valence-electron chi connectivity index (χ1n) is 5.72. The predicted molar refractivity (Wildman–Crippen MR) is 66.2 cm³/mol. The van der Waals surface area contributed by atoms with Gasteiger partial charge in [0.2, 0.25) is 0 Å². The average molecular weight is 237 g/mol. The van der Waals surface area contributed by atoms with Crippen molar-refractivity contribution >= 4 is 5.97 Å². The van der Waals surface area contributed by atoms with Crippen LogP contribution in [0.25, 0.3) is 0 Å². The summed E-state index contributed by atoms with van der Waals surface area (Å²) in [7, 11) is 0. The lowest BCUT2D eigenvalue weighted by Crippen LogP contribution is -2.17. The number of benzene rings is 1. The molecule has 0 bridgehead atoms. The predicted octanol–water partition coefficient (Wildman–Crippen LogP) is 1.85. The summed E-state index contributed by atoms with van der Waals surface area (Å²) < 4.78 is 5.34. The summed E-state index contributed by atoms with van der Waals surface area (Å²) in [4.78, 5) is 11.2. The molecule has 1 unspecified atom stereocenters. The highest BCUT2D eigenvalue weighted by molar-refractivity contribution is 5.76. The molecule has 94 valence electrons. The molecule has 17 heavy (non-hydrogen) atoms. The van der Waals surface area contributed by atoms with Gasteiger partial charge in [0.15, 0.2) is 0 Å². The van der Waals surface area contributed by atoms with Crippen molar-refractivity contribution in [2.45, 2.75) is 19.8 Å². The van der Waals surface area contributed by atoms with Crippen LogP contribution in [0.3, 0.4) is 0 Å². The third kappa shape index (κ3) is 3.75. The van der Waals surface area contributed by atoms with E-state index in [0.29, 0.717) is 18.9 Å². The maximum Gasteiger partial charge on any atom is 0.311 e. The molecule has 0 saturated carbocycles. The molecule has 0 aliphatic rings. The highest BCUT2D eigenvalue weighted by atomic mass is 16.5.